The second-order valence-electron chi connectivity index (χ2n) is 2.51. The van der Waals surface area contributed by atoms with Gasteiger partial charge in [-0.3, -0.25) is 0 Å². The predicted molar refractivity (Wildman–Crippen MR) is 62.6 cm³/mol. The van der Waals surface area contributed by atoms with Crippen LogP contribution in [-0.4, -0.2) is 20.3 Å². The van der Waals surface area contributed by atoms with Crippen molar-refractivity contribution in [1.29, 1.82) is 0 Å². The van der Waals surface area contributed by atoms with Crippen LogP contribution in [0.2, 0.25) is 0 Å². The molecule has 1 aromatic rings. The summed E-state index contributed by atoms with van der Waals surface area (Å²) in [6.45, 7) is 5.47. The Labute approximate surface area is 86.3 Å². The molecule has 0 atom stereocenters. The molecule has 80 valence electrons. The molecular formula is C11H20N2O. The Bertz CT molecular complexity index is 238. The minimum Gasteiger partial charge on any atom is -0.397 e. The lowest BCUT2D eigenvalue weighted by atomic mass is 10.3. The summed E-state index contributed by atoms with van der Waals surface area (Å²) < 4.78 is 4.90. The number of hydrogen-bond donors (Lipinski definition) is 2. The van der Waals surface area contributed by atoms with Gasteiger partial charge < -0.3 is 15.8 Å². The number of benzene rings is 1. The number of nitrogen functional groups attached to an aromatic ring is 1. The number of ether oxygens (including phenoxy) is 1. The van der Waals surface area contributed by atoms with Gasteiger partial charge in [-0.25, -0.2) is 0 Å². The molecule has 0 aliphatic carbocycles. The monoisotopic (exact) mass is 196 g/mol. The van der Waals surface area contributed by atoms with Crippen molar-refractivity contribution < 1.29 is 4.74 Å². The van der Waals surface area contributed by atoms with Crippen LogP contribution < -0.4 is 11.1 Å². The third-order valence-electron chi connectivity index (χ3n) is 1.58. The lowest BCUT2D eigenvalue weighted by Crippen LogP contribution is -2.08. The van der Waals surface area contributed by atoms with Crippen LogP contribution in [0, 0.1) is 0 Å². The van der Waals surface area contributed by atoms with Crippen LogP contribution >= 0.6 is 0 Å². The average Bonchev–Trinajstić information content (AvgIpc) is 2.24. The van der Waals surface area contributed by atoms with E-state index >= 15 is 0 Å². The van der Waals surface area contributed by atoms with E-state index in [-0.39, 0.29) is 0 Å². The molecule has 1 aromatic carbocycles. The van der Waals surface area contributed by atoms with Crippen molar-refractivity contribution in [3.8, 4) is 0 Å². The van der Waals surface area contributed by atoms with Gasteiger partial charge in [0.2, 0.25) is 0 Å². The molecule has 0 aromatic heterocycles. The van der Waals surface area contributed by atoms with Crippen molar-refractivity contribution >= 4 is 11.4 Å². The fourth-order valence-corrected chi connectivity index (χ4v) is 0.946. The molecule has 0 saturated heterocycles. The highest BCUT2D eigenvalue weighted by atomic mass is 16.5. The van der Waals surface area contributed by atoms with Gasteiger partial charge in [0.25, 0.3) is 0 Å². The highest BCUT2D eigenvalue weighted by Gasteiger charge is 1.94. The Kier molecular flexibility index (Phi) is 7.65. The Morgan fingerprint density at radius 3 is 2.50 bits per heavy atom. The molecular weight excluding hydrogens is 176 g/mol. The number of nitrogens with one attached hydrogen (secondary N) is 1. The summed E-state index contributed by atoms with van der Waals surface area (Å²) in [5.74, 6) is 0. The van der Waals surface area contributed by atoms with Crippen LogP contribution in [0.4, 0.5) is 11.4 Å². The van der Waals surface area contributed by atoms with Crippen LogP contribution in [0.3, 0.4) is 0 Å². The van der Waals surface area contributed by atoms with Gasteiger partial charge in [0.1, 0.15) is 0 Å². The zero-order chi connectivity index (χ0) is 10.8. The molecule has 3 nitrogen and oxygen atoms in total. The summed E-state index contributed by atoms with van der Waals surface area (Å²) in [6, 6.07) is 7.68. The Hall–Kier alpha value is -1.22. The molecule has 3 heteroatoms. The molecule has 0 saturated carbocycles. The molecule has 3 N–H and O–H groups in total. The van der Waals surface area contributed by atoms with E-state index in [1.807, 2.05) is 38.1 Å². The SMILES string of the molecule is CC.COCCNc1ccccc1N. The summed E-state index contributed by atoms with van der Waals surface area (Å²) in [6.07, 6.45) is 0. The topological polar surface area (TPSA) is 47.3 Å². The summed E-state index contributed by atoms with van der Waals surface area (Å²) in [4.78, 5) is 0. The number of methoxy groups -OCH3 is 1. The smallest absolute Gasteiger partial charge is 0.0635 e. The first kappa shape index (κ1) is 12.8. The molecule has 0 amide bonds. The van der Waals surface area contributed by atoms with Crippen LogP contribution in [0.5, 0.6) is 0 Å². The molecule has 1 rings (SSSR count). The molecule has 0 spiro atoms. The van der Waals surface area contributed by atoms with Gasteiger partial charge in [-0.15, -0.1) is 0 Å². The Balaban J connectivity index is 0.000000791. The molecule has 0 bridgehead atoms. The van der Waals surface area contributed by atoms with E-state index < -0.39 is 0 Å². The molecule has 0 fully saturated rings. The van der Waals surface area contributed by atoms with Gasteiger partial charge in [0.05, 0.1) is 18.0 Å². The summed E-state index contributed by atoms with van der Waals surface area (Å²) >= 11 is 0. The molecule has 0 heterocycles. The maximum Gasteiger partial charge on any atom is 0.0635 e. The van der Waals surface area contributed by atoms with E-state index in [0.29, 0.717) is 6.61 Å². The average molecular weight is 196 g/mol. The van der Waals surface area contributed by atoms with Crippen molar-refractivity contribution in [2.45, 2.75) is 13.8 Å². The Morgan fingerprint density at radius 1 is 1.29 bits per heavy atom. The quantitative estimate of drug-likeness (QED) is 0.574. The second kappa shape index (κ2) is 8.38. The molecule has 0 unspecified atom stereocenters. The number of rotatable bonds is 4. The van der Waals surface area contributed by atoms with Crippen molar-refractivity contribution in [2.24, 2.45) is 0 Å². The summed E-state index contributed by atoms with van der Waals surface area (Å²) in [5, 5.41) is 3.16. The van der Waals surface area contributed by atoms with Crippen molar-refractivity contribution in [2.75, 3.05) is 31.3 Å². The molecule has 14 heavy (non-hydrogen) atoms. The second-order valence-corrected chi connectivity index (χ2v) is 2.51. The third kappa shape index (κ3) is 4.72. The highest BCUT2D eigenvalue weighted by Crippen LogP contribution is 2.15. The first-order chi connectivity index (χ1) is 6.84. The van der Waals surface area contributed by atoms with Gasteiger partial charge >= 0.3 is 0 Å². The number of para-hydroxylation sites is 2. The van der Waals surface area contributed by atoms with Crippen molar-refractivity contribution in [3.63, 3.8) is 0 Å². The van der Waals surface area contributed by atoms with E-state index in [1.165, 1.54) is 0 Å². The third-order valence-corrected chi connectivity index (χ3v) is 1.58. The van der Waals surface area contributed by atoms with Gasteiger partial charge in [-0.1, -0.05) is 26.0 Å². The number of anilines is 2. The van der Waals surface area contributed by atoms with Crippen LogP contribution in [0.25, 0.3) is 0 Å². The minimum atomic E-state index is 0.689. The largest absolute Gasteiger partial charge is 0.397 e. The number of nitrogens with two attached hydrogens (primary N) is 1. The fourth-order valence-electron chi connectivity index (χ4n) is 0.946. The van der Waals surface area contributed by atoms with E-state index in [1.54, 1.807) is 7.11 Å². The van der Waals surface area contributed by atoms with Gasteiger partial charge in [0, 0.05) is 13.7 Å². The first-order valence-corrected chi connectivity index (χ1v) is 4.92. The number of hydrogen-bond acceptors (Lipinski definition) is 3. The van der Waals surface area contributed by atoms with E-state index in [4.69, 9.17) is 10.5 Å². The van der Waals surface area contributed by atoms with Gasteiger partial charge in [-0.2, -0.15) is 0 Å². The van der Waals surface area contributed by atoms with Gasteiger partial charge in [-0.05, 0) is 12.1 Å². The summed E-state index contributed by atoms with van der Waals surface area (Å²) in [5.41, 5.74) is 7.44. The standard InChI is InChI=1S/C9H14N2O.C2H6/c1-12-7-6-11-9-5-3-2-4-8(9)10;1-2/h2-5,11H,6-7,10H2,1H3;1-2H3. The van der Waals surface area contributed by atoms with Crippen molar-refractivity contribution in [3.05, 3.63) is 24.3 Å². The maximum atomic E-state index is 5.70. The van der Waals surface area contributed by atoms with Gasteiger partial charge in [0.15, 0.2) is 0 Å². The normalized spacial score (nSPS) is 8.79. The molecule has 0 aliphatic heterocycles. The van der Waals surface area contributed by atoms with E-state index in [2.05, 4.69) is 5.32 Å². The highest BCUT2D eigenvalue weighted by molar-refractivity contribution is 5.65. The molecule has 0 aliphatic rings. The fraction of sp³-hybridized carbons (Fsp3) is 0.455. The molecule has 0 radical (unpaired) electrons. The van der Waals surface area contributed by atoms with Crippen LogP contribution in [-0.2, 0) is 4.74 Å². The predicted octanol–water partition coefficient (Wildman–Crippen LogP) is 2.35. The lowest BCUT2D eigenvalue weighted by molar-refractivity contribution is 0.211. The van der Waals surface area contributed by atoms with E-state index in [0.717, 1.165) is 17.9 Å². The first-order valence-electron chi connectivity index (χ1n) is 4.92. The van der Waals surface area contributed by atoms with Crippen molar-refractivity contribution in [1.82, 2.24) is 0 Å². The van der Waals surface area contributed by atoms with Crippen LogP contribution in [0.1, 0.15) is 13.8 Å². The Morgan fingerprint density at radius 2 is 1.93 bits per heavy atom. The zero-order valence-corrected chi connectivity index (χ0v) is 9.21. The lowest BCUT2D eigenvalue weighted by Gasteiger charge is -2.07. The maximum absolute atomic E-state index is 5.70. The zero-order valence-electron chi connectivity index (χ0n) is 9.21. The van der Waals surface area contributed by atoms with E-state index in [9.17, 15) is 0 Å². The summed E-state index contributed by atoms with van der Waals surface area (Å²) in [7, 11) is 1.68. The minimum absolute atomic E-state index is 0.689. The van der Waals surface area contributed by atoms with Crippen LogP contribution in [0.15, 0.2) is 24.3 Å².